The predicted molar refractivity (Wildman–Crippen MR) is 94.6 cm³/mol. The van der Waals surface area contributed by atoms with Gasteiger partial charge in [0.25, 0.3) is 0 Å². The second-order valence-electron chi connectivity index (χ2n) is 6.77. The van der Waals surface area contributed by atoms with Crippen molar-refractivity contribution < 1.29 is 10.2 Å². The second kappa shape index (κ2) is 8.30. The van der Waals surface area contributed by atoms with Crippen molar-refractivity contribution in [2.75, 3.05) is 6.61 Å². The summed E-state index contributed by atoms with van der Waals surface area (Å²) in [7, 11) is 0. The molecule has 122 valence electrons. The average molecular weight is 302 g/mol. The zero-order chi connectivity index (χ0) is 16.8. The molecule has 0 heterocycles. The molecule has 1 unspecified atom stereocenters. The first-order valence-electron chi connectivity index (χ1n) is 7.98. The zero-order valence-corrected chi connectivity index (χ0v) is 14.6. The molecule has 22 heavy (non-hydrogen) atoms. The van der Waals surface area contributed by atoms with Gasteiger partial charge < -0.3 is 10.2 Å². The van der Waals surface area contributed by atoms with E-state index in [0.29, 0.717) is 0 Å². The van der Waals surface area contributed by atoms with Crippen LogP contribution in [0.2, 0.25) is 0 Å². The van der Waals surface area contributed by atoms with Crippen molar-refractivity contribution in [2.45, 2.75) is 53.6 Å². The summed E-state index contributed by atoms with van der Waals surface area (Å²) in [5, 5.41) is 18.3. The highest BCUT2D eigenvalue weighted by Gasteiger charge is 2.26. The molecule has 0 amide bonds. The van der Waals surface area contributed by atoms with E-state index in [1.165, 1.54) is 17.6 Å². The maximum Gasteiger partial charge on any atom is 0.0981 e. The smallest absolute Gasteiger partial charge is 0.0981 e. The Bertz CT molecular complexity index is 528. The van der Waals surface area contributed by atoms with E-state index in [1.807, 2.05) is 25.2 Å². The molecule has 1 rings (SSSR count). The number of rotatable bonds is 5. The molecule has 0 aromatic carbocycles. The third kappa shape index (κ3) is 5.43. The summed E-state index contributed by atoms with van der Waals surface area (Å²) in [4.78, 5) is 0. The monoisotopic (exact) mass is 302 g/mol. The molecule has 2 heteroatoms. The molecule has 0 aromatic heterocycles. The highest BCUT2D eigenvalue weighted by atomic mass is 16.3. The summed E-state index contributed by atoms with van der Waals surface area (Å²) in [5.41, 5.74) is 4.95. The molecule has 0 fully saturated rings. The number of hydrogen-bond acceptors (Lipinski definition) is 2. The maximum atomic E-state index is 9.47. The van der Waals surface area contributed by atoms with Crippen LogP contribution in [0.5, 0.6) is 0 Å². The van der Waals surface area contributed by atoms with Crippen molar-refractivity contribution in [3.05, 3.63) is 58.7 Å². The summed E-state index contributed by atoms with van der Waals surface area (Å²) in [6, 6.07) is 0. The molecule has 1 aliphatic rings. The lowest BCUT2D eigenvalue weighted by Crippen LogP contribution is -2.18. The van der Waals surface area contributed by atoms with E-state index in [1.54, 1.807) is 0 Å². The van der Waals surface area contributed by atoms with Gasteiger partial charge in [0, 0.05) is 0 Å². The Kier molecular flexibility index (Phi) is 7.05. The molecule has 2 N–H and O–H groups in total. The van der Waals surface area contributed by atoms with Crippen LogP contribution in [0.4, 0.5) is 0 Å². The highest BCUT2D eigenvalue weighted by molar-refractivity contribution is 5.40. The lowest BCUT2D eigenvalue weighted by molar-refractivity contribution is 0.122. The third-order valence-corrected chi connectivity index (χ3v) is 4.30. The molecule has 0 aromatic rings. The molecule has 1 aliphatic carbocycles. The molecular formula is C20H30O2. The van der Waals surface area contributed by atoms with E-state index >= 15 is 0 Å². The van der Waals surface area contributed by atoms with Gasteiger partial charge in [0.15, 0.2) is 0 Å². The molecule has 0 bridgehead atoms. The molecule has 0 saturated heterocycles. The standard InChI is InChI=1S/C20H30O2/c1-15(8-6-9-17(3)19(22)14-21)11-12-18-16(2)10-7-13-20(18,4)5/h6,8-12,19,21-22H,7,13-14H2,1-5H3/b8-6+,15-11-,17-9-,18-12+. The van der Waals surface area contributed by atoms with Gasteiger partial charge in [0.05, 0.1) is 12.7 Å². The van der Waals surface area contributed by atoms with Crippen molar-refractivity contribution >= 4 is 0 Å². The maximum absolute atomic E-state index is 9.47. The van der Waals surface area contributed by atoms with Gasteiger partial charge >= 0.3 is 0 Å². The summed E-state index contributed by atoms with van der Waals surface area (Å²) < 4.78 is 0. The zero-order valence-electron chi connectivity index (χ0n) is 14.6. The minimum atomic E-state index is -0.771. The highest BCUT2D eigenvalue weighted by Crippen LogP contribution is 2.40. The fraction of sp³-hybridized carbons (Fsp3) is 0.500. The van der Waals surface area contributed by atoms with Gasteiger partial charge in [-0.05, 0) is 50.2 Å². The Morgan fingerprint density at radius 3 is 2.59 bits per heavy atom. The van der Waals surface area contributed by atoms with Gasteiger partial charge in [0.1, 0.15) is 0 Å². The summed E-state index contributed by atoms with van der Waals surface area (Å²) >= 11 is 0. The normalized spacial score (nSPS) is 23.0. The topological polar surface area (TPSA) is 40.5 Å². The number of allylic oxidation sites excluding steroid dienone is 9. The van der Waals surface area contributed by atoms with Gasteiger partial charge in [-0.15, -0.1) is 0 Å². The van der Waals surface area contributed by atoms with Gasteiger partial charge in [-0.1, -0.05) is 61.4 Å². The van der Waals surface area contributed by atoms with Crippen LogP contribution in [0.3, 0.4) is 0 Å². The van der Waals surface area contributed by atoms with Gasteiger partial charge in [-0.25, -0.2) is 0 Å². The lowest BCUT2D eigenvalue weighted by atomic mass is 9.73. The van der Waals surface area contributed by atoms with Gasteiger partial charge in [-0.3, -0.25) is 0 Å². The lowest BCUT2D eigenvalue weighted by Gasteiger charge is -2.32. The fourth-order valence-corrected chi connectivity index (χ4v) is 2.66. The van der Waals surface area contributed by atoms with E-state index < -0.39 is 6.10 Å². The van der Waals surface area contributed by atoms with E-state index in [9.17, 15) is 5.11 Å². The Hall–Kier alpha value is -1.38. The quantitative estimate of drug-likeness (QED) is 0.735. The number of aliphatic hydroxyl groups excluding tert-OH is 2. The van der Waals surface area contributed by atoms with Gasteiger partial charge in [0.2, 0.25) is 0 Å². The summed E-state index contributed by atoms with van der Waals surface area (Å²) in [5.74, 6) is 0. The van der Waals surface area contributed by atoms with Crippen molar-refractivity contribution in [1.82, 2.24) is 0 Å². The Morgan fingerprint density at radius 2 is 2.00 bits per heavy atom. The van der Waals surface area contributed by atoms with Crippen LogP contribution in [0, 0.1) is 5.41 Å². The largest absolute Gasteiger partial charge is 0.393 e. The van der Waals surface area contributed by atoms with Crippen molar-refractivity contribution in [2.24, 2.45) is 5.41 Å². The molecule has 0 spiro atoms. The SMILES string of the molecule is CC1=CCCC(C)(C)/C1=C/C=C(C)\C=C\C=C(\C)C(O)CO. The average Bonchev–Trinajstić information content (AvgIpc) is 2.45. The van der Waals surface area contributed by atoms with Crippen molar-refractivity contribution in [1.29, 1.82) is 0 Å². The Morgan fingerprint density at radius 1 is 1.32 bits per heavy atom. The van der Waals surface area contributed by atoms with E-state index in [4.69, 9.17) is 5.11 Å². The molecule has 2 nitrogen and oxygen atoms in total. The van der Waals surface area contributed by atoms with E-state index in [0.717, 1.165) is 17.6 Å². The first-order valence-corrected chi connectivity index (χ1v) is 7.98. The summed E-state index contributed by atoms with van der Waals surface area (Å²) in [6.45, 7) is 10.4. The van der Waals surface area contributed by atoms with Crippen LogP contribution in [-0.2, 0) is 0 Å². The predicted octanol–water partition coefficient (Wildman–Crippen LogP) is 4.48. The number of hydrogen-bond donors (Lipinski definition) is 2. The van der Waals surface area contributed by atoms with Gasteiger partial charge in [-0.2, -0.15) is 0 Å². The van der Waals surface area contributed by atoms with E-state index in [-0.39, 0.29) is 12.0 Å². The molecular weight excluding hydrogens is 272 g/mol. The fourth-order valence-electron chi connectivity index (χ4n) is 2.66. The van der Waals surface area contributed by atoms with Crippen LogP contribution in [0.1, 0.15) is 47.5 Å². The van der Waals surface area contributed by atoms with Crippen LogP contribution < -0.4 is 0 Å². The third-order valence-electron chi connectivity index (χ3n) is 4.30. The first kappa shape index (κ1) is 18.7. The number of aliphatic hydroxyl groups is 2. The molecule has 0 saturated carbocycles. The Labute approximate surface area is 135 Å². The first-order chi connectivity index (χ1) is 10.3. The van der Waals surface area contributed by atoms with Crippen LogP contribution in [-0.4, -0.2) is 22.9 Å². The molecule has 1 atom stereocenters. The summed E-state index contributed by atoms with van der Waals surface area (Å²) in [6.07, 6.45) is 14.0. The van der Waals surface area contributed by atoms with Crippen LogP contribution in [0.25, 0.3) is 0 Å². The minimum Gasteiger partial charge on any atom is -0.393 e. The molecule has 0 radical (unpaired) electrons. The van der Waals surface area contributed by atoms with Crippen LogP contribution >= 0.6 is 0 Å². The minimum absolute atomic E-state index is 0.237. The Balaban J connectivity index is 2.83. The van der Waals surface area contributed by atoms with E-state index in [2.05, 4.69) is 45.9 Å². The van der Waals surface area contributed by atoms with Crippen molar-refractivity contribution in [3.63, 3.8) is 0 Å². The molecule has 0 aliphatic heterocycles. The van der Waals surface area contributed by atoms with Crippen molar-refractivity contribution in [3.8, 4) is 0 Å². The van der Waals surface area contributed by atoms with Crippen LogP contribution in [0.15, 0.2) is 58.7 Å². The second-order valence-corrected chi connectivity index (χ2v) is 6.77.